The fourth-order valence-electron chi connectivity index (χ4n) is 2.69. The van der Waals surface area contributed by atoms with E-state index in [1.54, 1.807) is 17.0 Å². The van der Waals surface area contributed by atoms with Gasteiger partial charge >= 0.3 is 6.18 Å². The molecule has 4 nitrogen and oxygen atoms in total. The van der Waals surface area contributed by atoms with Crippen LogP contribution in [-0.4, -0.2) is 39.9 Å². The second kappa shape index (κ2) is 6.18. The van der Waals surface area contributed by atoms with Crippen LogP contribution in [0.25, 0.3) is 11.3 Å². The van der Waals surface area contributed by atoms with E-state index in [1.165, 1.54) is 18.3 Å². The van der Waals surface area contributed by atoms with E-state index < -0.39 is 11.8 Å². The Bertz CT molecular complexity index is 689. The predicted molar refractivity (Wildman–Crippen MR) is 77.4 cm³/mol. The van der Waals surface area contributed by atoms with Crippen LogP contribution in [0, 0.1) is 5.82 Å². The van der Waals surface area contributed by atoms with E-state index in [-0.39, 0.29) is 38.3 Å². The summed E-state index contributed by atoms with van der Waals surface area (Å²) in [6, 6.07) is 5.73. The van der Waals surface area contributed by atoms with Crippen molar-refractivity contribution >= 4 is 0 Å². The number of alkyl halides is 3. The number of hydrogen-bond acceptors (Lipinski definition) is 4. The minimum atomic E-state index is -4.61. The van der Waals surface area contributed by atoms with Gasteiger partial charge in [0, 0.05) is 18.7 Å². The first kappa shape index (κ1) is 16.9. The second-order valence-electron chi connectivity index (χ2n) is 5.93. The molecule has 1 aliphatic rings. The molecule has 24 heavy (non-hydrogen) atoms. The van der Waals surface area contributed by atoms with Crippen molar-refractivity contribution in [3.05, 3.63) is 42.2 Å². The zero-order chi connectivity index (χ0) is 17.4. The van der Waals surface area contributed by atoms with Gasteiger partial charge in [0.15, 0.2) is 11.4 Å². The van der Waals surface area contributed by atoms with Gasteiger partial charge in [0.05, 0.1) is 12.7 Å². The van der Waals surface area contributed by atoms with Crippen LogP contribution in [0.4, 0.5) is 17.6 Å². The molecule has 3 rings (SSSR count). The zero-order valence-corrected chi connectivity index (χ0v) is 12.7. The summed E-state index contributed by atoms with van der Waals surface area (Å²) in [6.07, 6.45) is -3.86. The second-order valence-corrected chi connectivity index (χ2v) is 5.93. The summed E-state index contributed by atoms with van der Waals surface area (Å²) in [5, 5.41) is 9.65. The number of nitrogens with zero attached hydrogens (tertiary/aromatic N) is 2. The Morgan fingerprint density at radius 3 is 2.38 bits per heavy atom. The highest BCUT2D eigenvalue weighted by molar-refractivity contribution is 5.55. The number of piperidine rings is 1. The predicted octanol–water partition coefficient (Wildman–Crippen LogP) is 3.37. The lowest BCUT2D eigenvalue weighted by Gasteiger charge is -2.38. The molecule has 1 saturated heterocycles. The largest absolute Gasteiger partial charge is 0.439 e. The molecule has 0 aliphatic carbocycles. The summed E-state index contributed by atoms with van der Waals surface area (Å²) >= 11 is 0. The maximum absolute atomic E-state index is 12.9. The van der Waals surface area contributed by atoms with E-state index >= 15 is 0 Å². The van der Waals surface area contributed by atoms with Crippen LogP contribution in [0.1, 0.15) is 18.7 Å². The Morgan fingerprint density at radius 1 is 1.17 bits per heavy atom. The van der Waals surface area contributed by atoms with Gasteiger partial charge in [0.1, 0.15) is 5.82 Å². The van der Waals surface area contributed by atoms with Crippen molar-refractivity contribution in [2.45, 2.75) is 31.2 Å². The lowest BCUT2D eigenvalue weighted by Crippen LogP contribution is -2.53. The minimum Gasteiger partial charge on any atom is -0.439 e. The number of likely N-dealkylation sites (tertiary alicyclic amines) is 1. The summed E-state index contributed by atoms with van der Waals surface area (Å²) in [7, 11) is 0. The molecule has 130 valence electrons. The summed E-state index contributed by atoms with van der Waals surface area (Å²) < 4.78 is 56.8. The minimum absolute atomic E-state index is 0.101. The van der Waals surface area contributed by atoms with E-state index in [2.05, 4.69) is 4.98 Å². The summed E-state index contributed by atoms with van der Waals surface area (Å²) in [4.78, 5) is 5.86. The third-order valence-electron chi connectivity index (χ3n) is 4.25. The van der Waals surface area contributed by atoms with Gasteiger partial charge in [-0.15, -0.1) is 0 Å². The Balaban J connectivity index is 1.61. The van der Waals surface area contributed by atoms with Crippen molar-refractivity contribution in [2.75, 3.05) is 13.1 Å². The summed E-state index contributed by atoms with van der Waals surface area (Å²) in [5.74, 6) is 0.476. The Morgan fingerprint density at radius 2 is 1.79 bits per heavy atom. The SMILES string of the molecule is OC1(C(F)(F)F)CCN(Cc2ncc(-c3ccc(F)cc3)o2)CC1. The summed E-state index contributed by atoms with van der Waals surface area (Å²) in [6.45, 7) is 0.462. The molecule has 0 bridgehead atoms. The van der Waals surface area contributed by atoms with Crippen LogP contribution >= 0.6 is 0 Å². The molecule has 0 saturated carbocycles. The van der Waals surface area contributed by atoms with Crippen LogP contribution < -0.4 is 0 Å². The number of aromatic nitrogens is 1. The fraction of sp³-hybridized carbons (Fsp3) is 0.438. The molecule has 0 unspecified atom stereocenters. The zero-order valence-electron chi connectivity index (χ0n) is 12.7. The third-order valence-corrected chi connectivity index (χ3v) is 4.25. The molecular formula is C16H16F4N2O2. The van der Waals surface area contributed by atoms with E-state index in [1.807, 2.05) is 0 Å². The van der Waals surface area contributed by atoms with Gasteiger partial charge in [-0.3, -0.25) is 4.90 Å². The van der Waals surface area contributed by atoms with Crippen molar-refractivity contribution in [3.8, 4) is 11.3 Å². The summed E-state index contributed by atoms with van der Waals surface area (Å²) in [5.41, 5.74) is -1.94. The van der Waals surface area contributed by atoms with Gasteiger partial charge in [-0.05, 0) is 37.1 Å². The highest BCUT2D eigenvalue weighted by atomic mass is 19.4. The van der Waals surface area contributed by atoms with E-state index in [0.29, 0.717) is 17.2 Å². The Kier molecular flexibility index (Phi) is 4.35. The smallest absolute Gasteiger partial charge is 0.417 e. The van der Waals surface area contributed by atoms with Crippen LogP contribution in [0.2, 0.25) is 0 Å². The standard InChI is InChI=1S/C16H16F4N2O2/c17-12-3-1-11(2-4-12)13-9-21-14(24-13)10-22-7-5-15(23,6-8-22)16(18,19)20/h1-4,9,23H,5-8,10H2. The van der Waals surface area contributed by atoms with Crippen molar-refractivity contribution < 1.29 is 27.1 Å². The number of aliphatic hydroxyl groups is 1. The maximum Gasteiger partial charge on any atom is 0.417 e. The average molecular weight is 344 g/mol. The quantitative estimate of drug-likeness (QED) is 0.868. The van der Waals surface area contributed by atoms with E-state index in [0.717, 1.165) is 0 Å². The molecule has 1 aromatic heterocycles. The molecular weight excluding hydrogens is 328 g/mol. The van der Waals surface area contributed by atoms with Gasteiger partial charge in [-0.1, -0.05) is 0 Å². The maximum atomic E-state index is 12.9. The van der Waals surface area contributed by atoms with Crippen LogP contribution in [0.15, 0.2) is 34.9 Å². The molecule has 0 atom stereocenters. The molecule has 0 radical (unpaired) electrons. The third kappa shape index (κ3) is 3.44. The first-order chi connectivity index (χ1) is 11.3. The van der Waals surface area contributed by atoms with Gasteiger partial charge in [-0.25, -0.2) is 9.37 Å². The van der Waals surface area contributed by atoms with Crippen LogP contribution in [0.3, 0.4) is 0 Å². The molecule has 1 N–H and O–H groups in total. The molecule has 0 spiro atoms. The fourth-order valence-corrected chi connectivity index (χ4v) is 2.69. The van der Waals surface area contributed by atoms with Gasteiger partial charge < -0.3 is 9.52 Å². The number of rotatable bonds is 3. The average Bonchev–Trinajstić information content (AvgIpc) is 2.98. The first-order valence-corrected chi connectivity index (χ1v) is 7.49. The highest BCUT2D eigenvalue weighted by Gasteiger charge is 2.54. The van der Waals surface area contributed by atoms with Gasteiger partial charge in [-0.2, -0.15) is 13.2 Å². The normalized spacial score (nSPS) is 18.7. The number of halogens is 4. The monoisotopic (exact) mass is 344 g/mol. The first-order valence-electron chi connectivity index (χ1n) is 7.49. The van der Waals surface area contributed by atoms with Gasteiger partial charge in [0.2, 0.25) is 5.89 Å². The van der Waals surface area contributed by atoms with Crippen LogP contribution in [0.5, 0.6) is 0 Å². The molecule has 1 fully saturated rings. The van der Waals surface area contributed by atoms with E-state index in [4.69, 9.17) is 4.42 Å². The Labute approximate surface area is 135 Å². The molecule has 2 heterocycles. The molecule has 8 heteroatoms. The lowest BCUT2D eigenvalue weighted by molar-refractivity contribution is -0.273. The topological polar surface area (TPSA) is 49.5 Å². The number of benzene rings is 1. The van der Waals surface area contributed by atoms with Crippen molar-refractivity contribution in [1.29, 1.82) is 0 Å². The van der Waals surface area contributed by atoms with E-state index in [9.17, 15) is 22.7 Å². The lowest BCUT2D eigenvalue weighted by atomic mass is 9.91. The van der Waals surface area contributed by atoms with Crippen molar-refractivity contribution in [2.24, 2.45) is 0 Å². The molecule has 0 amide bonds. The molecule has 1 aromatic carbocycles. The van der Waals surface area contributed by atoms with Crippen molar-refractivity contribution in [3.63, 3.8) is 0 Å². The number of hydrogen-bond donors (Lipinski definition) is 1. The molecule has 1 aliphatic heterocycles. The highest BCUT2D eigenvalue weighted by Crippen LogP contribution is 2.38. The number of oxazole rings is 1. The van der Waals surface area contributed by atoms with Crippen molar-refractivity contribution in [1.82, 2.24) is 9.88 Å². The van der Waals surface area contributed by atoms with Crippen LogP contribution in [-0.2, 0) is 6.54 Å². The Hall–Kier alpha value is -1.93. The molecule has 2 aromatic rings. The van der Waals surface area contributed by atoms with Gasteiger partial charge in [0.25, 0.3) is 0 Å².